The van der Waals surface area contributed by atoms with Crippen molar-refractivity contribution in [3.63, 3.8) is 0 Å². The monoisotopic (exact) mass is 416 g/mol. The molecular weight excluding hydrogens is 396 g/mol. The normalized spacial score (nSPS) is 14.9. The molecule has 1 aliphatic heterocycles. The molecule has 0 bridgehead atoms. The third-order valence-corrected chi connectivity index (χ3v) is 4.81. The lowest BCUT2D eigenvalue weighted by atomic mass is 10.1. The molecule has 0 radical (unpaired) electrons. The number of carbonyl (C=O) groups is 2. The van der Waals surface area contributed by atoms with Crippen molar-refractivity contribution in [2.45, 2.75) is 19.1 Å². The zero-order valence-corrected chi connectivity index (χ0v) is 16.6. The van der Waals surface area contributed by atoms with Crippen molar-refractivity contribution in [3.8, 4) is 17.6 Å². The molecule has 156 valence electrons. The fourth-order valence-electron chi connectivity index (χ4n) is 3.32. The maximum absolute atomic E-state index is 12.3. The van der Waals surface area contributed by atoms with Crippen LogP contribution in [0.1, 0.15) is 12.0 Å². The van der Waals surface area contributed by atoms with Gasteiger partial charge in [-0.25, -0.2) is 0 Å². The molecule has 0 saturated carbocycles. The average Bonchev–Trinajstić information content (AvgIpc) is 3.17. The Morgan fingerprint density at radius 3 is 2.74 bits per heavy atom. The number of benzene rings is 2. The quantitative estimate of drug-likeness (QED) is 0.491. The molecule has 1 aromatic heterocycles. The van der Waals surface area contributed by atoms with Crippen LogP contribution in [0.5, 0.6) is 11.5 Å². The van der Waals surface area contributed by atoms with Gasteiger partial charge in [0, 0.05) is 35.3 Å². The number of fused-ring (bicyclic) bond motifs is 2. The van der Waals surface area contributed by atoms with Gasteiger partial charge in [0.2, 0.25) is 6.10 Å². The lowest BCUT2D eigenvalue weighted by molar-refractivity contribution is -0.134. The lowest BCUT2D eigenvalue weighted by Gasteiger charge is -2.25. The number of hydrogen-bond donors (Lipinski definition) is 2. The number of aryl methyl sites for hydroxylation is 1. The third-order valence-electron chi connectivity index (χ3n) is 4.81. The molecule has 2 amide bonds. The highest BCUT2D eigenvalue weighted by Crippen LogP contribution is 2.30. The smallest absolute Gasteiger partial charge is 0.283 e. The molecule has 1 unspecified atom stereocenters. The van der Waals surface area contributed by atoms with Crippen LogP contribution in [0.15, 0.2) is 60.8 Å². The van der Waals surface area contributed by atoms with Crippen molar-refractivity contribution >= 4 is 28.8 Å². The van der Waals surface area contributed by atoms with Crippen LogP contribution in [0.3, 0.4) is 0 Å². The first-order valence-corrected chi connectivity index (χ1v) is 9.77. The molecule has 2 heterocycles. The molecule has 8 heteroatoms. The van der Waals surface area contributed by atoms with E-state index in [1.54, 1.807) is 24.3 Å². The maximum Gasteiger partial charge on any atom is 0.283 e. The Hall–Kier alpha value is -4.25. The van der Waals surface area contributed by atoms with E-state index in [0.717, 1.165) is 16.5 Å². The maximum atomic E-state index is 12.3. The third kappa shape index (κ3) is 4.51. The van der Waals surface area contributed by atoms with Crippen LogP contribution in [0.4, 0.5) is 0 Å². The van der Waals surface area contributed by atoms with Crippen molar-refractivity contribution in [3.05, 3.63) is 66.4 Å². The highest BCUT2D eigenvalue weighted by molar-refractivity contribution is 5.97. The first kappa shape index (κ1) is 20.0. The van der Waals surface area contributed by atoms with E-state index < -0.39 is 17.9 Å². The van der Waals surface area contributed by atoms with Gasteiger partial charge in [0.25, 0.3) is 11.8 Å². The molecule has 0 saturated heterocycles. The molecule has 31 heavy (non-hydrogen) atoms. The number of ether oxygens (including phenoxy) is 2. The van der Waals surface area contributed by atoms with Crippen molar-refractivity contribution < 1.29 is 19.1 Å². The van der Waals surface area contributed by atoms with Gasteiger partial charge in [-0.15, -0.1) is 0 Å². The van der Waals surface area contributed by atoms with Gasteiger partial charge in [-0.3, -0.25) is 20.4 Å². The fraction of sp³-hybridized carbons (Fsp3) is 0.174. The van der Waals surface area contributed by atoms with Crippen molar-refractivity contribution in [1.29, 1.82) is 5.26 Å². The zero-order valence-electron chi connectivity index (χ0n) is 16.6. The van der Waals surface area contributed by atoms with E-state index in [-0.39, 0.29) is 6.61 Å². The Kier molecular flexibility index (Phi) is 5.85. The Morgan fingerprint density at radius 2 is 1.90 bits per heavy atom. The number of nitriles is 1. The Bertz CT molecular complexity index is 1190. The van der Waals surface area contributed by atoms with E-state index in [0.29, 0.717) is 24.5 Å². The van der Waals surface area contributed by atoms with Crippen LogP contribution < -0.4 is 20.3 Å². The minimum Gasteiger partial charge on any atom is -0.485 e. The number of nitrogens with one attached hydrogen (secondary N) is 2. The summed E-state index contributed by atoms with van der Waals surface area (Å²) in [6, 6.07) is 17.0. The van der Waals surface area contributed by atoms with Crippen LogP contribution in [-0.2, 0) is 16.1 Å². The fourth-order valence-corrected chi connectivity index (χ4v) is 3.32. The second-order valence-corrected chi connectivity index (χ2v) is 6.88. The summed E-state index contributed by atoms with van der Waals surface area (Å²) in [6.07, 6.45) is 4.44. The SMILES string of the molecule is N#CCCn1cc(/C=C/C(=O)NNC(=O)C2COc3ccccc3O2)c2ccccc21. The highest BCUT2D eigenvalue weighted by atomic mass is 16.6. The topological polar surface area (TPSA) is 105 Å². The van der Waals surface area contributed by atoms with Crippen LogP contribution >= 0.6 is 0 Å². The molecule has 8 nitrogen and oxygen atoms in total. The molecule has 4 rings (SSSR count). The molecule has 1 aliphatic rings. The van der Waals surface area contributed by atoms with Crippen LogP contribution in [0.2, 0.25) is 0 Å². The molecule has 0 aliphatic carbocycles. The van der Waals surface area contributed by atoms with E-state index >= 15 is 0 Å². The summed E-state index contributed by atoms with van der Waals surface area (Å²) >= 11 is 0. The molecule has 0 spiro atoms. The Morgan fingerprint density at radius 1 is 1.13 bits per heavy atom. The van der Waals surface area contributed by atoms with Gasteiger partial charge in [-0.1, -0.05) is 30.3 Å². The Labute approximate surface area is 178 Å². The summed E-state index contributed by atoms with van der Waals surface area (Å²) in [5.41, 5.74) is 6.54. The van der Waals surface area contributed by atoms with Gasteiger partial charge in [-0.2, -0.15) is 5.26 Å². The first-order chi connectivity index (χ1) is 15.2. The van der Waals surface area contributed by atoms with E-state index in [9.17, 15) is 9.59 Å². The number of para-hydroxylation sites is 3. The van der Waals surface area contributed by atoms with Crippen LogP contribution in [-0.4, -0.2) is 29.1 Å². The molecule has 2 N–H and O–H groups in total. The van der Waals surface area contributed by atoms with Gasteiger partial charge < -0.3 is 14.0 Å². The Balaban J connectivity index is 1.36. The van der Waals surface area contributed by atoms with E-state index in [1.807, 2.05) is 41.1 Å². The summed E-state index contributed by atoms with van der Waals surface area (Å²) in [4.78, 5) is 24.5. The minimum atomic E-state index is -0.864. The molecule has 1 atom stereocenters. The number of nitrogens with zero attached hydrogens (tertiary/aromatic N) is 2. The predicted octanol–water partition coefficient (Wildman–Crippen LogP) is 2.56. The molecule has 2 aromatic carbocycles. The summed E-state index contributed by atoms with van der Waals surface area (Å²) in [5, 5.41) is 9.82. The summed E-state index contributed by atoms with van der Waals surface area (Å²) in [5.74, 6) is 0.0593. The van der Waals surface area contributed by atoms with Gasteiger partial charge in [0.1, 0.15) is 6.61 Å². The van der Waals surface area contributed by atoms with Gasteiger partial charge in [0.15, 0.2) is 11.5 Å². The molecule has 3 aromatic rings. The second-order valence-electron chi connectivity index (χ2n) is 6.88. The predicted molar refractivity (Wildman–Crippen MR) is 114 cm³/mol. The number of rotatable bonds is 5. The second kappa shape index (κ2) is 9.05. The summed E-state index contributed by atoms with van der Waals surface area (Å²) in [6.45, 7) is 0.621. The number of amides is 2. The number of aromatic nitrogens is 1. The van der Waals surface area contributed by atoms with E-state index in [2.05, 4.69) is 16.9 Å². The van der Waals surface area contributed by atoms with Crippen molar-refractivity contribution in [1.82, 2.24) is 15.4 Å². The van der Waals surface area contributed by atoms with Crippen LogP contribution in [0.25, 0.3) is 17.0 Å². The average molecular weight is 416 g/mol. The summed E-state index contributed by atoms with van der Waals surface area (Å²) in [7, 11) is 0. The minimum absolute atomic E-state index is 0.0523. The number of carbonyl (C=O) groups excluding carboxylic acids is 2. The largest absolute Gasteiger partial charge is 0.485 e. The first-order valence-electron chi connectivity index (χ1n) is 9.77. The van der Waals surface area contributed by atoms with Crippen LogP contribution in [0, 0.1) is 11.3 Å². The van der Waals surface area contributed by atoms with Gasteiger partial charge >= 0.3 is 0 Å². The van der Waals surface area contributed by atoms with Crippen molar-refractivity contribution in [2.75, 3.05) is 6.61 Å². The van der Waals surface area contributed by atoms with Gasteiger partial charge in [0.05, 0.1) is 12.5 Å². The highest BCUT2D eigenvalue weighted by Gasteiger charge is 2.27. The molecule has 0 fully saturated rings. The van der Waals surface area contributed by atoms with E-state index in [1.165, 1.54) is 6.08 Å². The number of hydrogen-bond acceptors (Lipinski definition) is 5. The van der Waals surface area contributed by atoms with Gasteiger partial charge in [-0.05, 0) is 24.3 Å². The number of hydrazine groups is 1. The van der Waals surface area contributed by atoms with E-state index in [4.69, 9.17) is 14.7 Å². The van der Waals surface area contributed by atoms with Crippen molar-refractivity contribution in [2.24, 2.45) is 0 Å². The summed E-state index contributed by atoms with van der Waals surface area (Å²) < 4.78 is 13.1. The zero-order chi connectivity index (χ0) is 21.6. The lowest BCUT2D eigenvalue weighted by Crippen LogP contribution is -2.50. The molecular formula is C23H20N4O4. The standard InChI is InChI=1S/C23H20N4O4/c24-12-5-13-27-14-16(17-6-1-2-7-18(17)27)10-11-22(28)25-26-23(29)21-15-30-19-8-3-4-9-20(19)31-21/h1-4,6-11,14,21H,5,13,15H2,(H,25,28)(H,26,29)/b11-10+.